The van der Waals surface area contributed by atoms with Crippen LogP contribution in [0, 0.1) is 0 Å². The molecule has 2 aromatic rings. The minimum Gasteiger partial charge on any atom is -0.464 e. The van der Waals surface area contributed by atoms with Crippen molar-refractivity contribution in [3.05, 3.63) is 34.9 Å². The van der Waals surface area contributed by atoms with Gasteiger partial charge in [-0.25, -0.2) is 13.8 Å². The van der Waals surface area contributed by atoms with Crippen LogP contribution in [0.1, 0.15) is 18.9 Å². The second-order valence-corrected chi connectivity index (χ2v) is 7.43. The number of nitrogen functional groups attached to an aromatic ring is 1. The zero-order chi connectivity index (χ0) is 21.2. The summed E-state index contributed by atoms with van der Waals surface area (Å²) in [5.41, 5.74) is 7.46. The first-order valence-electron chi connectivity index (χ1n) is 9.33. The number of hydrazine groups is 1. The van der Waals surface area contributed by atoms with Gasteiger partial charge in [0.25, 0.3) is 5.92 Å². The molecule has 29 heavy (non-hydrogen) atoms. The summed E-state index contributed by atoms with van der Waals surface area (Å²) in [5.74, 6) is -2.15. The first kappa shape index (κ1) is 21.3. The molecular weight excluding hydrogens is 402 g/mol. The average molecular weight is 427 g/mol. The van der Waals surface area contributed by atoms with Gasteiger partial charge in [-0.2, -0.15) is 9.97 Å². The molecule has 1 aromatic carbocycles. The summed E-state index contributed by atoms with van der Waals surface area (Å²) in [6, 6.07) is 7.54. The molecule has 2 heterocycles. The lowest BCUT2D eigenvalue weighted by Crippen LogP contribution is -2.38. The first-order valence-corrected chi connectivity index (χ1v) is 9.71. The number of benzene rings is 1. The largest absolute Gasteiger partial charge is 0.464 e. The van der Waals surface area contributed by atoms with E-state index in [1.807, 2.05) is 32.3 Å². The van der Waals surface area contributed by atoms with E-state index in [4.69, 9.17) is 22.1 Å². The van der Waals surface area contributed by atoms with Gasteiger partial charge in [0.1, 0.15) is 5.69 Å². The highest BCUT2D eigenvalue weighted by molar-refractivity contribution is 6.31. The van der Waals surface area contributed by atoms with Crippen molar-refractivity contribution in [3.63, 3.8) is 0 Å². The van der Waals surface area contributed by atoms with Crippen LogP contribution in [-0.4, -0.2) is 54.7 Å². The molecule has 0 amide bonds. The van der Waals surface area contributed by atoms with Crippen molar-refractivity contribution in [3.8, 4) is 6.01 Å². The molecule has 0 bridgehead atoms. The number of anilines is 3. The van der Waals surface area contributed by atoms with Gasteiger partial charge in [0, 0.05) is 32.1 Å². The minimum absolute atomic E-state index is 0.0907. The van der Waals surface area contributed by atoms with Crippen molar-refractivity contribution in [2.45, 2.75) is 25.8 Å². The van der Waals surface area contributed by atoms with Gasteiger partial charge in [-0.05, 0) is 18.6 Å². The zero-order valence-corrected chi connectivity index (χ0v) is 17.5. The third-order valence-corrected chi connectivity index (χ3v) is 5.00. The minimum atomic E-state index is -2.78. The highest BCUT2D eigenvalue weighted by atomic mass is 35.5. The first-order chi connectivity index (χ1) is 13.7. The molecule has 0 atom stereocenters. The Morgan fingerprint density at radius 3 is 2.59 bits per heavy atom. The van der Waals surface area contributed by atoms with Crippen molar-refractivity contribution >= 4 is 28.9 Å². The van der Waals surface area contributed by atoms with E-state index >= 15 is 0 Å². The van der Waals surface area contributed by atoms with Crippen LogP contribution in [0.3, 0.4) is 0 Å². The standard InChI is InChI=1S/C19H25ClF2N6O/c1-4-29-18-24-16(27-10-9-19(21,22)12-27)15(23)17(25-18)28(26(2)3)11-13-7-5-6-8-14(13)20/h5-8H,4,9-12,23H2,1-3H3. The molecule has 2 N–H and O–H groups in total. The van der Waals surface area contributed by atoms with E-state index in [0.717, 1.165) is 5.56 Å². The van der Waals surface area contributed by atoms with Crippen LogP contribution in [-0.2, 0) is 6.54 Å². The molecule has 0 saturated carbocycles. The van der Waals surface area contributed by atoms with Crippen LogP contribution in [0.2, 0.25) is 5.02 Å². The summed E-state index contributed by atoms with van der Waals surface area (Å²) >= 11 is 6.32. The number of alkyl halides is 2. The topological polar surface area (TPSA) is 70.8 Å². The van der Waals surface area contributed by atoms with E-state index in [9.17, 15) is 8.78 Å². The number of halogens is 3. The van der Waals surface area contributed by atoms with Crippen LogP contribution in [0.4, 0.5) is 26.1 Å². The number of hydrogen-bond acceptors (Lipinski definition) is 7. The van der Waals surface area contributed by atoms with Crippen LogP contribution >= 0.6 is 11.6 Å². The van der Waals surface area contributed by atoms with Gasteiger partial charge in [0.2, 0.25) is 0 Å². The zero-order valence-electron chi connectivity index (χ0n) is 16.7. The van der Waals surface area contributed by atoms with Gasteiger partial charge in [0.05, 0.1) is 19.7 Å². The SMILES string of the molecule is CCOc1nc(N2CCC(F)(F)C2)c(N)c(N(Cc2ccccc2Cl)N(C)C)n1. The molecule has 7 nitrogen and oxygen atoms in total. The predicted molar refractivity (Wildman–Crippen MR) is 111 cm³/mol. The number of nitrogens with zero attached hydrogens (tertiary/aromatic N) is 5. The Hall–Kier alpha value is -2.39. The highest BCUT2D eigenvalue weighted by Crippen LogP contribution is 2.38. The second kappa shape index (κ2) is 8.54. The maximum absolute atomic E-state index is 13.8. The van der Waals surface area contributed by atoms with Crippen LogP contribution in [0.25, 0.3) is 0 Å². The third kappa shape index (κ3) is 4.79. The van der Waals surface area contributed by atoms with Gasteiger partial charge in [0.15, 0.2) is 11.6 Å². The fraction of sp³-hybridized carbons (Fsp3) is 0.474. The van der Waals surface area contributed by atoms with Crippen molar-refractivity contribution in [2.24, 2.45) is 0 Å². The van der Waals surface area contributed by atoms with Gasteiger partial charge >= 0.3 is 6.01 Å². The Morgan fingerprint density at radius 1 is 1.28 bits per heavy atom. The predicted octanol–water partition coefficient (Wildman–Crippen LogP) is 3.44. The molecule has 1 saturated heterocycles. The summed E-state index contributed by atoms with van der Waals surface area (Å²) in [6.45, 7) is 2.24. The van der Waals surface area contributed by atoms with Crippen molar-refractivity contribution < 1.29 is 13.5 Å². The van der Waals surface area contributed by atoms with Crippen LogP contribution in [0.5, 0.6) is 6.01 Å². The molecule has 0 spiro atoms. The van der Waals surface area contributed by atoms with E-state index in [1.165, 1.54) is 4.90 Å². The fourth-order valence-electron chi connectivity index (χ4n) is 3.17. The number of ether oxygens (including phenoxy) is 1. The summed E-state index contributed by atoms with van der Waals surface area (Å²) in [6.07, 6.45) is -0.243. The Balaban J connectivity index is 2.04. The molecule has 1 aliphatic rings. The molecule has 3 rings (SSSR count). The number of aromatic nitrogens is 2. The van der Waals surface area contributed by atoms with E-state index in [-0.39, 0.29) is 30.5 Å². The molecular formula is C19H25ClF2N6O. The van der Waals surface area contributed by atoms with Crippen molar-refractivity contribution in [2.75, 3.05) is 49.4 Å². The smallest absolute Gasteiger partial charge is 0.320 e. The molecule has 1 aliphatic heterocycles. The van der Waals surface area contributed by atoms with E-state index in [2.05, 4.69) is 9.97 Å². The Labute approximate surface area is 174 Å². The normalized spacial score (nSPS) is 15.8. The molecule has 1 fully saturated rings. The molecule has 0 radical (unpaired) electrons. The molecule has 10 heteroatoms. The summed E-state index contributed by atoms with van der Waals surface area (Å²) in [4.78, 5) is 10.2. The van der Waals surface area contributed by atoms with Crippen LogP contribution < -0.4 is 20.4 Å². The maximum atomic E-state index is 13.8. The van der Waals surface area contributed by atoms with Gasteiger partial charge in [-0.1, -0.05) is 29.8 Å². The van der Waals surface area contributed by atoms with E-state index in [1.54, 1.807) is 23.0 Å². The summed E-state index contributed by atoms with van der Waals surface area (Å²) in [7, 11) is 3.67. The number of nitrogens with two attached hydrogens (primary N) is 1. The lowest BCUT2D eigenvalue weighted by atomic mass is 10.2. The number of rotatable bonds is 7. The third-order valence-electron chi connectivity index (χ3n) is 4.63. The lowest BCUT2D eigenvalue weighted by Gasteiger charge is -2.32. The van der Waals surface area contributed by atoms with Crippen molar-refractivity contribution in [1.82, 2.24) is 15.0 Å². The Bertz CT molecular complexity index is 867. The van der Waals surface area contributed by atoms with Gasteiger partial charge in [-0.15, -0.1) is 0 Å². The summed E-state index contributed by atoms with van der Waals surface area (Å²) < 4.78 is 33.1. The lowest BCUT2D eigenvalue weighted by molar-refractivity contribution is 0.0256. The maximum Gasteiger partial charge on any atom is 0.320 e. The fourth-order valence-corrected chi connectivity index (χ4v) is 3.36. The van der Waals surface area contributed by atoms with Crippen LogP contribution in [0.15, 0.2) is 24.3 Å². The monoisotopic (exact) mass is 426 g/mol. The molecule has 0 aliphatic carbocycles. The van der Waals surface area contributed by atoms with Crippen molar-refractivity contribution in [1.29, 1.82) is 0 Å². The molecule has 1 aromatic heterocycles. The van der Waals surface area contributed by atoms with E-state index in [0.29, 0.717) is 24.0 Å². The molecule has 0 unspecified atom stereocenters. The summed E-state index contributed by atoms with van der Waals surface area (Å²) in [5, 5.41) is 4.22. The average Bonchev–Trinajstić information content (AvgIpc) is 3.02. The Morgan fingerprint density at radius 2 is 2.00 bits per heavy atom. The second-order valence-electron chi connectivity index (χ2n) is 7.02. The Kier molecular flexibility index (Phi) is 6.28. The molecule has 158 valence electrons. The highest BCUT2D eigenvalue weighted by Gasteiger charge is 2.40. The van der Waals surface area contributed by atoms with Gasteiger partial charge in [-0.3, -0.25) is 5.01 Å². The number of hydrogen-bond donors (Lipinski definition) is 1. The quantitative estimate of drug-likeness (QED) is 0.680. The van der Waals surface area contributed by atoms with E-state index < -0.39 is 12.5 Å². The van der Waals surface area contributed by atoms with Gasteiger partial charge < -0.3 is 15.4 Å².